The molecule has 0 bridgehead atoms. The van der Waals surface area contributed by atoms with Gasteiger partial charge >= 0.3 is 0 Å². The first-order valence-corrected chi connectivity index (χ1v) is 7.84. The van der Waals surface area contributed by atoms with Crippen molar-refractivity contribution in [3.05, 3.63) is 35.4 Å². The molecule has 1 amide bonds. The summed E-state index contributed by atoms with van der Waals surface area (Å²) in [6.07, 6.45) is 2.35. The van der Waals surface area contributed by atoms with Crippen molar-refractivity contribution in [1.82, 2.24) is 15.5 Å². The summed E-state index contributed by atoms with van der Waals surface area (Å²) in [6.45, 7) is 6.64. The molecule has 1 saturated heterocycles. The zero-order valence-electron chi connectivity index (χ0n) is 13.4. The highest BCUT2D eigenvalue weighted by atomic mass is 16.2. The summed E-state index contributed by atoms with van der Waals surface area (Å²) >= 11 is 0. The second-order valence-electron chi connectivity index (χ2n) is 6.00. The van der Waals surface area contributed by atoms with Gasteiger partial charge < -0.3 is 10.6 Å². The van der Waals surface area contributed by atoms with E-state index < -0.39 is 0 Å². The molecule has 1 heterocycles. The molecule has 0 aromatic heterocycles. The number of hydrogen-bond donors (Lipinski definition) is 2. The molecule has 2 atom stereocenters. The number of likely N-dealkylation sites (N-methyl/N-ethyl adjacent to an activating group) is 1. The van der Waals surface area contributed by atoms with E-state index in [2.05, 4.69) is 46.7 Å². The lowest BCUT2D eigenvalue weighted by Gasteiger charge is -2.35. The topological polar surface area (TPSA) is 44.4 Å². The molecule has 0 saturated carbocycles. The maximum absolute atomic E-state index is 12.3. The number of rotatable bonds is 5. The average Bonchev–Trinajstić information content (AvgIpc) is 2.53. The second kappa shape index (κ2) is 7.57. The molecule has 2 N–H and O–H groups in total. The molecule has 0 radical (unpaired) electrons. The number of piperidine rings is 1. The van der Waals surface area contributed by atoms with Crippen molar-refractivity contribution in [2.45, 2.75) is 45.3 Å². The van der Waals surface area contributed by atoms with Gasteiger partial charge in [0, 0.05) is 19.1 Å². The third-order valence-electron chi connectivity index (χ3n) is 4.38. The van der Waals surface area contributed by atoms with Crippen LogP contribution in [-0.2, 0) is 11.3 Å². The van der Waals surface area contributed by atoms with Crippen LogP contribution in [0.1, 0.15) is 30.9 Å². The van der Waals surface area contributed by atoms with Gasteiger partial charge in [-0.2, -0.15) is 0 Å². The fraction of sp³-hybridized carbons (Fsp3) is 0.588. The highest BCUT2D eigenvalue weighted by Crippen LogP contribution is 2.13. The molecule has 0 aliphatic carbocycles. The monoisotopic (exact) mass is 289 g/mol. The second-order valence-corrected chi connectivity index (χ2v) is 6.00. The number of carbonyl (C=O) groups is 1. The molecule has 1 aliphatic heterocycles. The van der Waals surface area contributed by atoms with Crippen LogP contribution in [0.4, 0.5) is 0 Å². The van der Waals surface area contributed by atoms with Gasteiger partial charge in [-0.25, -0.2) is 0 Å². The Hall–Kier alpha value is -1.39. The Kier molecular flexibility index (Phi) is 5.76. The van der Waals surface area contributed by atoms with Crippen LogP contribution < -0.4 is 10.6 Å². The van der Waals surface area contributed by atoms with Gasteiger partial charge in [0.15, 0.2) is 0 Å². The van der Waals surface area contributed by atoms with Crippen molar-refractivity contribution in [3.8, 4) is 0 Å². The number of carbonyl (C=O) groups excluding carboxylic acids is 1. The SMILES string of the molecule is CNC1CCCN(C(C)C(=O)NCc2ccc(C)cc2)C1. The van der Waals surface area contributed by atoms with Gasteiger partial charge in [0.05, 0.1) is 6.04 Å². The summed E-state index contributed by atoms with van der Waals surface area (Å²) < 4.78 is 0. The van der Waals surface area contributed by atoms with E-state index in [1.54, 1.807) is 0 Å². The van der Waals surface area contributed by atoms with Crippen LogP contribution in [0.2, 0.25) is 0 Å². The number of likely N-dealkylation sites (tertiary alicyclic amines) is 1. The first-order chi connectivity index (χ1) is 10.1. The van der Waals surface area contributed by atoms with Crippen molar-refractivity contribution < 1.29 is 4.79 Å². The zero-order chi connectivity index (χ0) is 15.2. The molecular weight excluding hydrogens is 262 g/mol. The van der Waals surface area contributed by atoms with E-state index in [-0.39, 0.29) is 11.9 Å². The van der Waals surface area contributed by atoms with Crippen LogP contribution in [-0.4, -0.2) is 43.0 Å². The Morgan fingerprint density at radius 1 is 1.38 bits per heavy atom. The Morgan fingerprint density at radius 2 is 2.10 bits per heavy atom. The van der Waals surface area contributed by atoms with Crippen molar-refractivity contribution >= 4 is 5.91 Å². The van der Waals surface area contributed by atoms with Gasteiger partial charge in [0.1, 0.15) is 0 Å². The fourth-order valence-corrected chi connectivity index (χ4v) is 2.80. The molecule has 1 aliphatic rings. The van der Waals surface area contributed by atoms with Gasteiger partial charge in [0.25, 0.3) is 0 Å². The predicted octanol–water partition coefficient (Wildman–Crippen LogP) is 1.68. The van der Waals surface area contributed by atoms with E-state index in [4.69, 9.17) is 0 Å². The van der Waals surface area contributed by atoms with Crippen molar-refractivity contribution in [1.29, 1.82) is 0 Å². The maximum atomic E-state index is 12.3. The fourth-order valence-electron chi connectivity index (χ4n) is 2.80. The molecule has 1 fully saturated rings. The van der Waals surface area contributed by atoms with E-state index in [0.717, 1.165) is 25.1 Å². The lowest BCUT2D eigenvalue weighted by Crippen LogP contribution is -2.52. The molecule has 2 rings (SSSR count). The zero-order valence-corrected chi connectivity index (χ0v) is 13.4. The summed E-state index contributed by atoms with van der Waals surface area (Å²) in [5.74, 6) is 0.118. The van der Waals surface area contributed by atoms with Crippen molar-refractivity contribution in [2.75, 3.05) is 20.1 Å². The Bertz CT molecular complexity index is 458. The van der Waals surface area contributed by atoms with Gasteiger partial charge in [0.2, 0.25) is 5.91 Å². The minimum atomic E-state index is -0.0633. The number of nitrogens with zero attached hydrogens (tertiary/aromatic N) is 1. The molecule has 21 heavy (non-hydrogen) atoms. The quantitative estimate of drug-likeness (QED) is 0.867. The van der Waals surface area contributed by atoms with Gasteiger partial charge in [-0.3, -0.25) is 9.69 Å². The summed E-state index contributed by atoms with van der Waals surface area (Å²) in [7, 11) is 2.00. The van der Waals surface area contributed by atoms with E-state index >= 15 is 0 Å². The normalized spacial score (nSPS) is 21.0. The third-order valence-corrected chi connectivity index (χ3v) is 4.38. The molecule has 1 aromatic carbocycles. The highest BCUT2D eigenvalue weighted by Gasteiger charge is 2.26. The summed E-state index contributed by atoms with van der Waals surface area (Å²) in [4.78, 5) is 14.6. The Balaban J connectivity index is 1.83. The summed E-state index contributed by atoms with van der Waals surface area (Å²) in [6, 6.07) is 8.73. The smallest absolute Gasteiger partial charge is 0.237 e. The van der Waals surface area contributed by atoms with Crippen LogP contribution in [0, 0.1) is 6.92 Å². The molecule has 2 unspecified atom stereocenters. The van der Waals surface area contributed by atoms with Gasteiger partial charge in [-0.15, -0.1) is 0 Å². The minimum Gasteiger partial charge on any atom is -0.351 e. The van der Waals surface area contributed by atoms with E-state index in [1.165, 1.54) is 12.0 Å². The average molecular weight is 289 g/mol. The number of nitrogens with one attached hydrogen (secondary N) is 2. The van der Waals surface area contributed by atoms with Crippen molar-refractivity contribution in [3.63, 3.8) is 0 Å². The summed E-state index contributed by atoms with van der Waals surface area (Å²) in [5.41, 5.74) is 2.39. The van der Waals surface area contributed by atoms with E-state index in [1.807, 2.05) is 14.0 Å². The highest BCUT2D eigenvalue weighted by molar-refractivity contribution is 5.81. The molecular formula is C17H27N3O. The molecule has 4 heteroatoms. The maximum Gasteiger partial charge on any atom is 0.237 e. The van der Waals surface area contributed by atoms with Crippen LogP contribution >= 0.6 is 0 Å². The predicted molar refractivity (Wildman–Crippen MR) is 86.1 cm³/mol. The minimum absolute atomic E-state index is 0.0633. The first-order valence-electron chi connectivity index (χ1n) is 7.84. The number of amides is 1. The first kappa shape index (κ1) is 16.0. The van der Waals surface area contributed by atoms with Gasteiger partial charge in [-0.1, -0.05) is 29.8 Å². The standard InChI is InChI=1S/C17H27N3O/c1-13-6-8-15(9-7-13)11-19-17(21)14(2)20-10-4-5-16(12-20)18-3/h6-9,14,16,18H,4-5,10-12H2,1-3H3,(H,19,21). The molecule has 1 aromatic rings. The lowest BCUT2D eigenvalue weighted by molar-refractivity contribution is -0.126. The third kappa shape index (κ3) is 4.55. The van der Waals surface area contributed by atoms with Crippen LogP contribution in [0.3, 0.4) is 0 Å². The summed E-state index contributed by atoms with van der Waals surface area (Å²) in [5, 5.41) is 6.36. The Morgan fingerprint density at radius 3 is 2.76 bits per heavy atom. The van der Waals surface area contributed by atoms with E-state index in [0.29, 0.717) is 12.6 Å². The van der Waals surface area contributed by atoms with Crippen LogP contribution in [0.25, 0.3) is 0 Å². The largest absolute Gasteiger partial charge is 0.351 e. The molecule has 4 nitrogen and oxygen atoms in total. The number of benzene rings is 1. The van der Waals surface area contributed by atoms with E-state index in [9.17, 15) is 4.79 Å². The number of aryl methyl sites for hydroxylation is 1. The van der Waals surface area contributed by atoms with Gasteiger partial charge in [-0.05, 0) is 45.8 Å². The van der Waals surface area contributed by atoms with Crippen molar-refractivity contribution in [2.24, 2.45) is 0 Å². The van der Waals surface area contributed by atoms with Crippen LogP contribution in [0.15, 0.2) is 24.3 Å². The number of hydrogen-bond acceptors (Lipinski definition) is 3. The Labute approximate surface area is 127 Å². The molecule has 116 valence electrons. The lowest BCUT2D eigenvalue weighted by atomic mass is 10.0. The van der Waals surface area contributed by atoms with Crippen LogP contribution in [0.5, 0.6) is 0 Å². The molecule has 0 spiro atoms.